The summed E-state index contributed by atoms with van der Waals surface area (Å²) >= 11 is 12.0. The van der Waals surface area contributed by atoms with Crippen molar-refractivity contribution >= 4 is 51.7 Å². The van der Waals surface area contributed by atoms with Gasteiger partial charge in [-0.3, -0.25) is 14.7 Å². The molecule has 1 saturated heterocycles. The average Bonchev–Trinajstić information content (AvgIpc) is 3.32. The Hall–Kier alpha value is -3.04. The summed E-state index contributed by atoms with van der Waals surface area (Å²) in [5.74, 6) is 1.06. The smallest absolute Gasteiger partial charge is 0.270 e. The highest BCUT2D eigenvalue weighted by Gasteiger charge is 2.32. The van der Waals surface area contributed by atoms with Crippen LogP contribution in [-0.2, 0) is 16.8 Å². The van der Waals surface area contributed by atoms with Crippen LogP contribution in [0.4, 0.5) is 5.82 Å². The lowest BCUT2D eigenvalue weighted by atomic mass is 9.86. The highest BCUT2D eigenvalue weighted by Crippen LogP contribution is 2.34. The first kappa shape index (κ1) is 27.0. The summed E-state index contributed by atoms with van der Waals surface area (Å²) in [5.41, 5.74) is 4.13. The molecular formula is C26H33Cl2N7O2. The van der Waals surface area contributed by atoms with Crippen LogP contribution < -0.4 is 10.6 Å². The van der Waals surface area contributed by atoms with E-state index < -0.39 is 0 Å². The standard InChI is InChI=1S/C26H33Cl2N7O2/c1-14(2)35-21(11-29-24-17-9-18(26(4,5)6)19(28)10-20(17)32-33-24)30-15(3)23(35)25(37)31-16-12-34(13-16)22(36)7-8-27/h7-10,14,16H,11-13H2,1-6H3,(H,31,37)(H2,29,32,33)/b8-7-. The average molecular weight is 547 g/mol. The molecule has 3 aromatic rings. The first-order chi connectivity index (χ1) is 17.4. The lowest BCUT2D eigenvalue weighted by molar-refractivity contribution is -0.130. The molecule has 11 heteroatoms. The Bertz CT molecular complexity index is 1360. The molecule has 0 aliphatic carbocycles. The van der Waals surface area contributed by atoms with E-state index in [1.165, 1.54) is 11.6 Å². The van der Waals surface area contributed by atoms with Gasteiger partial charge in [-0.2, -0.15) is 5.10 Å². The van der Waals surface area contributed by atoms with Gasteiger partial charge in [-0.1, -0.05) is 44.0 Å². The molecule has 1 fully saturated rings. The second kappa shape index (κ2) is 10.4. The van der Waals surface area contributed by atoms with Crippen LogP contribution in [0.2, 0.25) is 5.02 Å². The van der Waals surface area contributed by atoms with Crippen molar-refractivity contribution in [1.29, 1.82) is 0 Å². The highest BCUT2D eigenvalue weighted by molar-refractivity contribution is 6.32. The third kappa shape index (κ3) is 5.48. The molecule has 0 radical (unpaired) electrons. The third-order valence-electron chi connectivity index (χ3n) is 6.50. The van der Waals surface area contributed by atoms with E-state index in [0.717, 1.165) is 22.3 Å². The van der Waals surface area contributed by atoms with E-state index in [0.29, 0.717) is 41.9 Å². The molecule has 0 bridgehead atoms. The number of hydrogen-bond donors (Lipinski definition) is 3. The van der Waals surface area contributed by atoms with Gasteiger partial charge in [-0.15, -0.1) is 0 Å². The number of aromatic amines is 1. The number of amides is 2. The van der Waals surface area contributed by atoms with Crippen LogP contribution in [0.15, 0.2) is 23.7 Å². The van der Waals surface area contributed by atoms with Crippen LogP contribution in [0.5, 0.6) is 0 Å². The molecule has 9 nitrogen and oxygen atoms in total. The van der Waals surface area contributed by atoms with Crippen LogP contribution in [0.25, 0.3) is 10.9 Å². The Balaban J connectivity index is 1.52. The molecule has 1 aliphatic rings. The van der Waals surface area contributed by atoms with Crippen molar-refractivity contribution in [3.05, 3.63) is 51.5 Å². The van der Waals surface area contributed by atoms with Crippen molar-refractivity contribution in [2.45, 2.75) is 65.6 Å². The Morgan fingerprint density at radius 2 is 1.97 bits per heavy atom. The van der Waals surface area contributed by atoms with Gasteiger partial charge in [-0.25, -0.2) is 4.98 Å². The Morgan fingerprint density at radius 3 is 2.59 bits per heavy atom. The van der Waals surface area contributed by atoms with Crippen LogP contribution in [0, 0.1) is 6.92 Å². The minimum atomic E-state index is -0.204. The molecular weight excluding hydrogens is 513 g/mol. The molecule has 0 saturated carbocycles. The molecule has 0 spiro atoms. The Morgan fingerprint density at radius 1 is 1.27 bits per heavy atom. The molecule has 198 valence electrons. The van der Waals surface area contributed by atoms with E-state index >= 15 is 0 Å². The van der Waals surface area contributed by atoms with Crippen LogP contribution in [0.3, 0.4) is 0 Å². The largest absolute Gasteiger partial charge is 0.361 e. The van der Waals surface area contributed by atoms with E-state index in [4.69, 9.17) is 28.2 Å². The molecule has 0 atom stereocenters. The van der Waals surface area contributed by atoms with Gasteiger partial charge in [-0.05, 0) is 43.9 Å². The SMILES string of the molecule is Cc1nc(CNc2n[nH]c3cc(Cl)c(C(C)(C)C)cc23)n(C(C)C)c1C(=O)NC1CN(C(=O)/C=C\Cl)C1. The Labute approximate surface area is 226 Å². The second-order valence-electron chi connectivity index (χ2n) is 10.7. The summed E-state index contributed by atoms with van der Waals surface area (Å²) in [7, 11) is 0. The zero-order valence-electron chi connectivity index (χ0n) is 21.9. The quantitative estimate of drug-likeness (QED) is 0.365. The summed E-state index contributed by atoms with van der Waals surface area (Å²) in [4.78, 5) is 31.4. The van der Waals surface area contributed by atoms with Gasteiger partial charge in [0.05, 0.1) is 23.8 Å². The maximum absolute atomic E-state index is 13.2. The summed E-state index contributed by atoms with van der Waals surface area (Å²) in [5, 5.41) is 15.6. The number of benzene rings is 1. The molecule has 37 heavy (non-hydrogen) atoms. The zero-order chi connectivity index (χ0) is 27.1. The number of carbonyl (C=O) groups excluding carboxylic acids is 2. The molecule has 2 amide bonds. The molecule has 2 aromatic heterocycles. The number of fused-ring (bicyclic) bond motifs is 1. The second-order valence-corrected chi connectivity index (χ2v) is 11.3. The third-order valence-corrected chi connectivity index (χ3v) is 6.94. The first-order valence-corrected chi connectivity index (χ1v) is 13.1. The number of halogens is 2. The van der Waals surface area contributed by atoms with Crippen molar-refractivity contribution in [2.75, 3.05) is 18.4 Å². The normalized spacial score (nSPS) is 14.6. The predicted molar refractivity (Wildman–Crippen MR) is 147 cm³/mol. The molecule has 3 N–H and O–H groups in total. The van der Waals surface area contributed by atoms with Crippen molar-refractivity contribution in [3.8, 4) is 0 Å². The van der Waals surface area contributed by atoms with E-state index in [9.17, 15) is 9.59 Å². The van der Waals surface area contributed by atoms with Crippen molar-refractivity contribution in [1.82, 2.24) is 30.0 Å². The molecule has 0 unspecified atom stereocenters. The van der Waals surface area contributed by atoms with Crippen molar-refractivity contribution in [2.24, 2.45) is 0 Å². The topological polar surface area (TPSA) is 108 Å². The maximum Gasteiger partial charge on any atom is 0.270 e. The number of imidazole rings is 1. The van der Waals surface area contributed by atoms with E-state index in [1.54, 1.807) is 4.90 Å². The number of rotatable bonds is 7. The minimum Gasteiger partial charge on any atom is -0.361 e. The molecule has 1 aliphatic heterocycles. The van der Waals surface area contributed by atoms with Gasteiger partial charge in [0.2, 0.25) is 5.91 Å². The van der Waals surface area contributed by atoms with Gasteiger partial charge in [0, 0.05) is 41.2 Å². The Kier molecular flexibility index (Phi) is 7.57. The van der Waals surface area contributed by atoms with E-state index in [-0.39, 0.29) is 29.3 Å². The number of hydrogen-bond acceptors (Lipinski definition) is 5. The molecule has 3 heterocycles. The fourth-order valence-electron chi connectivity index (χ4n) is 4.63. The molecule has 4 rings (SSSR count). The van der Waals surface area contributed by atoms with Crippen molar-refractivity contribution < 1.29 is 9.59 Å². The molecule has 1 aromatic carbocycles. The van der Waals surface area contributed by atoms with Crippen molar-refractivity contribution in [3.63, 3.8) is 0 Å². The number of anilines is 1. The number of H-pyrrole nitrogens is 1. The predicted octanol–water partition coefficient (Wildman–Crippen LogP) is 4.90. The number of aryl methyl sites for hydroxylation is 1. The van der Waals surface area contributed by atoms with Gasteiger partial charge >= 0.3 is 0 Å². The maximum atomic E-state index is 13.2. The van der Waals surface area contributed by atoms with Gasteiger partial charge in [0.25, 0.3) is 5.91 Å². The number of likely N-dealkylation sites (tertiary alicyclic amines) is 1. The van der Waals surface area contributed by atoms with Gasteiger partial charge in [0.15, 0.2) is 5.82 Å². The fourth-order valence-corrected chi connectivity index (χ4v) is 5.19. The van der Waals surface area contributed by atoms with E-state index in [1.807, 2.05) is 31.4 Å². The monoisotopic (exact) mass is 545 g/mol. The summed E-state index contributed by atoms with van der Waals surface area (Å²) in [6.45, 7) is 13.5. The number of nitrogens with zero attached hydrogens (tertiary/aromatic N) is 4. The number of nitrogens with one attached hydrogen (secondary N) is 3. The minimum absolute atomic E-state index is 0.00861. The highest BCUT2D eigenvalue weighted by atomic mass is 35.5. The lowest BCUT2D eigenvalue weighted by Crippen LogP contribution is -2.60. The fraction of sp³-hybridized carbons (Fsp3) is 0.462. The number of aromatic nitrogens is 4. The zero-order valence-corrected chi connectivity index (χ0v) is 23.5. The first-order valence-electron chi connectivity index (χ1n) is 12.3. The van der Waals surface area contributed by atoms with Crippen LogP contribution in [0.1, 0.15) is 68.2 Å². The lowest BCUT2D eigenvalue weighted by Gasteiger charge is -2.39. The number of carbonyl (C=O) groups is 2. The van der Waals surface area contributed by atoms with Gasteiger partial charge < -0.3 is 20.1 Å². The summed E-state index contributed by atoms with van der Waals surface area (Å²) in [6.07, 6.45) is 1.30. The summed E-state index contributed by atoms with van der Waals surface area (Å²) in [6, 6.07) is 3.86. The summed E-state index contributed by atoms with van der Waals surface area (Å²) < 4.78 is 1.95. The van der Waals surface area contributed by atoms with Crippen LogP contribution >= 0.6 is 23.2 Å². The van der Waals surface area contributed by atoms with Crippen LogP contribution in [-0.4, -0.2) is 55.6 Å². The van der Waals surface area contributed by atoms with E-state index in [2.05, 4.69) is 47.7 Å². The van der Waals surface area contributed by atoms with Gasteiger partial charge in [0.1, 0.15) is 11.5 Å².